The molecule has 1 aromatic carbocycles. The molecule has 126 valence electrons. The van der Waals surface area contributed by atoms with E-state index in [4.69, 9.17) is 4.74 Å². The highest BCUT2D eigenvalue weighted by atomic mass is 79.9. The van der Waals surface area contributed by atoms with Crippen LogP contribution in [0, 0.1) is 17.2 Å². The van der Waals surface area contributed by atoms with Crippen molar-refractivity contribution in [1.29, 1.82) is 5.26 Å². The number of hydrogen-bond donors (Lipinski definition) is 0. The molecule has 23 heavy (non-hydrogen) atoms. The summed E-state index contributed by atoms with van der Waals surface area (Å²) in [6.07, 6.45) is -3.46. The van der Waals surface area contributed by atoms with Crippen molar-refractivity contribution in [2.75, 3.05) is 0 Å². The maximum Gasteiger partial charge on any atom is 0.417 e. The highest BCUT2D eigenvalue weighted by Crippen LogP contribution is 2.44. The lowest BCUT2D eigenvalue weighted by atomic mass is 10.1. The number of nitriles is 1. The fraction of sp³-hybridized carbons (Fsp3) is 0.562. The predicted molar refractivity (Wildman–Crippen MR) is 87.1 cm³/mol. The van der Waals surface area contributed by atoms with Gasteiger partial charge < -0.3 is 4.74 Å². The van der Waals surface area contributed by atoms with Gasteiger partial charge in [-0.05, 0) is 44.9 Å². The third kappa shape index (κ3) is 4.88. The number of alkyl halides is 3. The smallest absolute Gasteiger partial charge is 0.374 e. The molecule has 1 aliphatic rings. The van der Waals surface area contributed by atoms with Gasteiger partial charge in [-0.2, -0.15) is 18.4 Å². The molecule has 1 aromatic rings. The van der Waals surface area contributed by atoms with E-state index in [-0.39, 0.29) is 28.3 Å². The van der Waals surface area contributed by atoms with Gasteiger partial charge in [0.1, 0.15) is 0 Å². The number of ether oxygens (including phenoxy) is 1. The molecule has 7 heteroatoms. The molecule has 0 amide bonds. The molecule has 0 unspecified atom stereocenters. The topological polar surface area (TPSA) is 33.0 Å². The lowest BCUT2D eigenvalue weighted by molar-refractivity contribution is -0.139. The molecule has 1 saturated carbocycles. The second kappa shape index (κ2) is 7.45. The van der Waals surface area contributed by atoms with Crippen LogP contribution in [0.3, 0.4) is 0 Å². The first-order chi connectivity index (χ1) is 10.7. The molecule has 0 bridgehead atoms. The normalized spacial score (nSPS) is 24.9. The minimum atomic E-state index is -4.40. The molecular formula is C16H17BrF3NOS. The van der Waals surface area contributed by atoms with E-state index in [1.165, 1.54) is 17.8 Å². The molecular weight excluding hydrogens is 391 g/mol. The van der Waals surface area contributed by atoms with Crippen molar-refractivity contribution >= 4 is 27.7 Å². The van der Waals surface area contributed by atoms with E-state index >= 15 is 0 Å². The molecule has 0 saturated heterocycles. The zero-order valence-electron chi connectivity index (χ0n) is 12.7. The van der Waals surface area contributed by atoms with E-state index < -0.39 is 11.7 Å². The zero-order chi connectivity index (χ0) is 17.2. The summed E-state index contributed by atoms with van der Waals surface area (Å²) in [5.74, 6) is -0.264. The summed E-state index contributed by atoms with van der Waals surface area (Å²) >= 11 is 4.28. The van der Waals surface area contributed by atoms with Gasteiger partial charge in [0.15, 0.2) is 0 Å². The minimum absolute atomic E-state index is 0.00184. The van der Waals surface area contributed by atoms with Gasteiger partial charge in [-0.3, -0.25) is 0 Å². The van der Waals surface area contributed by atoms with Crippen LogP contribution in [0.2, 0.25) is 0 Å². The molecule has 0 spiro atoms. The van der Waals surface area contributed by atoms with Crippen molar-refractivity contribution in [1.82, 2.24) is 0 Å². The first kappa shape index (κ1) is 18.6. The standard InChI is InChI=1S/C16H17BrF3NOS/c1-9(2)22-14-7-12(5-10(14)8-21)23-15-4-3-11(17)6-13(15)16(18,19)20/h3-4,6,9-10,12,14H,5,7H2,1-2H3/t10-,12+,14+/m1/s1. The molecule has 0 radical (unpaired) electrons. The summed E-state index contributed by atoms with van der Waals surface area (Å²) in [5.41, 5.74) is -0.640. The monoisotopic (exact) mass is 407 g/mol. The summed E-state index contributed by atoms with van der Waals surface area (Å²) in [6, 6.07) is 6.41. The van der Waals surface area contributed by atoms with Crippen LogP contribution in [0.25, 0.3) is 0 Å². The second-order valence-electron chi connectivity index (χ2n) is 5.81. The van der Waals surface area contributed by atoms with Crippen molar-refractivity contribution in [2.24, 2.45) is 5.92 Å². The van der Waals surface area contributed by atoms with Crippen LogP contribution in [0.5, 0.6) is 0 Å². The van der Waals surface area contributed by atoms with E-state index in [1.54, 1.807) is 6.07 Å². The average Bonchev–Trinajstić information content (AvgIpc) is 2.80. The Labute approximate surface area is 146 Å². The Morgan fingerprint density at radius 1 is 1.35 bits per heavy atom. The number of benzene rings is 1. The van der Waals surface area contributed by atoms with Gasteiger partial charge in [-0.25, -0.2) is 0 Å². The van der Waals surface area contributed by atoms with Gasteiger partial charge in [-0.15, -0.1) is 11.8 Å². The highest BCUT2D eigenvalue weighted by molar-refractivity contribution is 9.10. The fourth-order valence-electron chi connectivity index (χ4n) is 2.69. The molecule has 0 heterocycles. The molecule has 1 fully saturated rings. The molecule has 2 rings (SSSR count). The third-order valence-electron chi connectivity index (χ3n) is 3.61. The van der Waals surface area contributed by atoms with Crippen molar-refractivity contribution < 1.29 is 17.9 Å². The zero-order valence-corrected chi connectivity index (χ0v) is 15.1. The molecule has 2 nitrogen and oxygen atoms in total. The van der Waals surface area contributed by atoms with Crippen LogP contribution < -0.4 is 0 Å². The summed E-state index contributed by atoms with van der Waals surface area (Å²) in [6.45, 7) is 3.79. The predicted octanol–water partition coefficient (Wildman–Crippen LogP) is 5.66. The molecule has 0 aromatic heterocycles. The van der Waals surface area contributed by atoms with Gasteiger partial charge in [0.25, 0.3) is 0 Å². The number of rotatable bonds is 4. The van der Waals surface area contributed by atoms with E-state index in [0.717, 1.165) is 6.07 Å². The number of nitrogens with zero attached hydrogens (tertiary/aromatic N) is 1. The van der Waals surface area contributed by atoms with E-state index in [0.29, 0.717) is 17.3 Å². The highest BCUT2D eigenvalue weighted by Gasteiger charge is 2.39. The summed E-state index contributed by atoms with van der Waals surface area (Å²) in [4.78, 5) is 0.201. The van der Waals surface area contributed by atoms with Gasteiger partial charge in [0.05, 0.1) is 29.8 Å². The molecule has 1 aliphatic carbocycles. The van der Waals surface area contributed by atoms with E-state index in [9.17, 15) is 18.4 Å². The SMILES string of the molecule is CC(C)O[C@H]1C[C@@H](Sc2ccc(Br)cc2C(F)(F)F)C[C@@H]1C#N. The first-order valence-electron chi connectivity index (χ1n) is 7.29. The summed E-state index contributed by atoms with van der Waals surface area (Å²) in [5, 5.41) is 9.18. The first-order valence-corrected chi connectivity index (χ1v) is 8.96. The van der Waals surface area contributed by atoms with Crippen molar-refractivity contribution in [3.63, 3.8) is 0 Å². The van der Waals surface area contributed by atoms with Gasteiger partial charge in [0.2, 0.25) is 0 Å². The largest absolute Gasteiger partial charge is 0.417 e. The minimum Gasteiger partial charge on any atom is -0.374 e. The van der Waals surface area contributed by atoms with Crippen LogP contribution in [-0.4, -0.2) is 17.5 Å². The quantitative estimate of drug-likeness (QED) is 0.645. The third-order valence-corrected chi connectivity index (χ3v) is 5.44. The maximum absolute atomic E-state index is 13.2. The Balaban J connectivity index is 2.16. The Kier molecular flexibility index (Phi) is 6.04. The number of hydrogen-bond acceptors (Lipinski definition) is 3. The molecule has 0 N–H and O–H groups in total. The van der Waals surface area contributed by atoms with Gasteiger partial charge in [-0.1, -0.05) is 15.9 Å². The van der Waals surface area contributed by atoms with Crippen molar-refractivity contribution in [3.8, 4) is 6.07 Å². The van der Waals surface area contributed by atoms with Crippen LogP contribution in [0.1, 0.15) is 32.3 Å². The van der Waals surface area contributed by atoms with Crippen molar-refractivity contribution in [3.05, 3.63) is 28.2 Å². The lowest BCUT2D eigenvalue weighted by Crippen LogP contribution is -2.21. The van der Waals surface area contributed by atoms with Gasteiger partial charge >= 0.3 is 6.18 Å². The van der Waals surface area contributed by atoms with E-state index in [1.807, 2.05) is 13.8 Å². The Morgan fingerprint density at radius 2 is 2.04 bits per heavy atom. The Morgan fingerprint density at radius 3 is 2.61 bits per heavy atom. The average molecular weight is 408 g/mol. The Bertz CT molecular complexity index is 600. The van der Waals surface area contributed by atoms with Crippen LogP contribution in [0.15, 0.2) is 27.6 Å². The van der Waals surface area contributed by atoms with E-state index in [2.05, 4.69) is 22.0 Å². The number of thioether (sulfide) groups is 1. The summed E-state index contributed by atoms with van der Waals surface area (Å²) < 4.78 is 45.7. The van der Waals surface area contributed by atoms with Gasteiger partial charge in [0, 0.05) is 14.6 Å². The Hall–Kier alpha value is -0.710. The van der Waals surface area contributed by atoms with Crippen LogP contribution in [-0.2, 0) is 10.9 Å². The fourth-order valence-corrected chi connectivity index (χ4v) is 4.45. The maximum atomic E-state index is 13.2. The second-order valence-corrected chi connectivity index (χ2v) is 8.07. The van der Waals surface area contributed by atoms with Crippen LogP contribution in [0.4, 0.5) is 13.2 Å². The lowest BCUT2D eigenvalue weighted by Gasteiger charge is -2.18. The summed E-state index contributed by atoms with van der Waals surface area (Å²) in [7, 11) is 0. The molecule has 3 atom stereocenters. The molecule has 0 aliphatic heterocycles. The number of halogens is 4. The van der Waals surface area contributed by atoms with Crippen molar-refractivity contribution in [2.45, 2.75) is 55.2 Å². The van der Waals surface area contributed by atoms with Crippen LogP contribution >= 0.6 is 27.7 Å².